The van der Waals surface area contributed by atoms with E-state index in [4.69, 9.17) is 13.3 Å². The summed E-state index contributed by atoms with van der Waals surface area (Å²) in [4.78, 5) is 4.63. The average molecular weight is 898 g/mol. The molecule has 15 aromatic rings. The molecule has 0 aliphatic heterocycles. The summed E-state index contributed by atoms with van der Waals surface area (Å²) in [7, 11) is 0. The number of benzene rings is 11. The van der Waals surface area contributed by atoms with Crippen LogP contribution in [0.4, 0.5) is 34.1 Å². The molecule has 0 radical (unpaired) electrons. The van der Waals surface area contributed by atoms with Crippen LogP contribution >= 0.6 is 0 Å². The van der Waals surface area contributed by atoms with Crippen LogP contribution in [-0.4, -0.2) is 4.57 Å². The Morgan fingerprint density at radius 2 is 0.786 bits per heavy atom. The number of hydrogen-bond donors (Lipinski definition) is 0. The van der Waals surface area contributed by atoms with Crippen molar-refractivity contribution in [1.82, 2.24) is 4.57 Å². The zero-order valence-corrected chi connectivity index (χ0v) is 37.6. The first-order chi connectivity index (χ1) is 34.7. The normalized spacial score (nSPS) is 12.0. The summed E-state index contributed by atoms with van der Waals surface area (Å²) < 4.78 is 22.8. The maximum Gasteiger partial charge on any atom is 0.159 e. The van der Waals surface area contributed by atoms with Gasteiger partial charge in [0, 0.05) is 77.7 Å². The maximum atomic E-state index is 6.99. The van der Waals surface area contributed by atoms with E-state index in [1.165, 1.54) is 5.39 Å². The van der Waals surface area contributed by atoms with Crippen molar-refractivity contribution in [3.05, 3.63) is 237 Å². The van der Waals surface area contributed by atoms with Crippen molar-refractivity contribution in [2.24, 2.45) is 0 Å². The summed E-state index contributed by atoms with van der Waals surface area (Å²) in [6.45, 7) is 0. The van der Waals surface area contributed by atoms with Gasteiger partial charge in [-0.05, 0) is 90.3 Å². The Hall–Kier alpha value is -9.52. The molecule has 0 bridgehead atoms. The minimum Gasteiger partial charge on any atom is -0.456 e. The van der Waals surface area contributed by atoms with Crippen LogP contribution in [0.1, 0.15) is 0 Å². The second-order valence-electron chi connectivity index (χ2n) is 18.0. The molecule has 0 unspecified atom stereocenters. The molecule has 4 aromatic heterocycles. The summed E-state index contributed by atoms with van der Waals surface area (Å²) in [5, 5.41) is 11.1. The molecule has 0 aliphatic rings. The molecule has 15 rings (SSSR count). The van der Waals surface area contributed by atoms with Gasteiger partial charge in [0.15, 0.2) is 11.2 Å². The van der Waals surface area contributed by atoms with Crippen molar-refractivity contribution in [1.29, 1.82) is 0 Å². The smallest absolute Gasteiger partial charge is 0.159 e. The number of anilines is 6. The van der Waals surface area contributed by atoms with E-state index in [1.807, 2.05) is 30.3 Å². The van der Waals surface area contributed by atoms with Crippen LogP contribution in [0.15, 0.2) is 250 Å². The molecule has 4 heterocycles. The lowest BCUT2D eigenvalue weighted by molar-refractivity contribution is 0.667. The average Bonchev–Trinajstić information content (AvgIpc) is 4.18. The zero-order chi connectivity index (χ0) is 45.9. The Morgan fingerprint density at radius 3 is 1.44 bits per heavy atom. The van der Waals surface area contributed by atoms with Gasteiger partial charge in [-0.2, -0.15) is 0 Å². The fraction of sp³-hybridized carbons (Fsp3) is 0. The lowest BCUT2D eigenvalue weighted by atomic mass is 9.99. The first-order valence-electron chi connectivity index (χ1n) is 23.7. The fourth-order valence-corrected chi connectivity index (χ4v) is 11.1. The summed E-state index contributed by atoms with van der Waals surface area (Å²) in [6.07, 6.45) is 0. The highest BCUT2D eigenvalue weighted by molar-refractivity contribution is 6.27. The molecule has 6 nitrogen and oxygen atoms in total. The number of furan rings is 3. The van der Waals surface area contributed by atoms with Gasteiger partial charge < -0.3 is 27.6 Å². The SMILES string of the molecule is c1ccc(N(c2ccc3c(c2)oc2cc4c(cc23)c2c3ccccc3c(N(c3ccccc3)c3cccc5c3oc3ccccc35)cc2n4-c2ccccc2)c2cccc3c2oc2ccccc23)cc1. The standard InChI is InChI=1S/C64H39N3O3/c1-4-18-40(19-5-1)65(53-30-16-28-49-45-25-12-14-32-58(45)69-63(49)53)43-34-35-47-51-37-52-56(39-61(51)68-60(47)36-43)67(42-22-8-3-9-23-42)57-38-55(44-24-10-11-27-48(44)62(52)57)66(41-20-6-2-7-21-41)54-31-17-29-50-46-26-13-15-33-59(46)70-64(50)54/h1-39H. The van der Waals surface area contributed by atoms with Gasteiger partial charge >= 0.3 is 0 Å². The minimum atomic E-state index is 0.804. The molecule has 11 aromatic carbocycles. The van der Waals surface area contributed by atoms with E-state index in [2.05, 4.69) is 221 Å². The van der Waals surface area contributed by atoms with Crippen molar-refractivity contribution in [3.63, 3.8) is 0 Å². The van der Waals surface area contributed by atoms with Gasteiger partial charge in [0.2, 0.25) is 0 Å². The first-order valence-corrected chi connectivity index (χ1v) is 23.7. The van der Waals surface area contributed by atoms with Crippen LogP contribution in [0.25, 0.3) is 104 Å². The minimum absolute atomic E-state index is 0.804. The highest BCUT2D eigenvalue weighted by atomic mass is 16.3. The van der Waals surface area contributed by atoms with E-state index in [0.29, 0.717) is 0 Å². The molecule has 0 N–H and O–H groups in total. The van der Waals surface area contributed by atoms with Gasteiger partial charge in [0.1, 0.15) is 22.3 Å². The third kappa shape index (κ3) is 5.68. The molecule has 0 saturated heterocycles. The van der Waals surface area contributed by atoms with Gasteiger partial charge in [-0.3, -0.25) is 0 Å². The number of nitrogens with zero attached hydrogens (tertiary/aromatic N) is 3. The lowest BCUT2D eigenvalue weighted by Crippen LogP contribution is -2.11. The van der Waals surface area contributed by atoms with E-state index in [-0.39, 0.29) is 0 Å². The van der Waals surface area contributed by atoms with E-state index >= 15 is 0 Å². The summed E-state index contributed by atoms with van der Waals surface area (Å²) >= 11 is 0. The molecule has 0 atom stereocenters. The quantitative estimate of drug-likeness (QED) is 0.160. The van der Waals surface area contributed by atoms with E-state index in [0.717, 1.165) is 133 Å². The van der Waals surface area contributed by atoms with Crippen molar-refractivity contribution in [2.75, 3.05) is 9.80 Å². The molecule has 0 aliphatic carbocycles. The summed E-state index contributed by atoms with van der Waals surface area (Å²) in [5.41, 5.74) is 14.2. The van der Waals surface area contributed by atoms with Crippen molar-refractivity contribution in [3.8, 4) is 5.69 Å². The molecular weight excluding hydrogens is 859 g/mol. The van der Waals surface area contributed by atoms with Crippen LogP contribution < -0.4 is 9.80 Å². The van der Waals surface area contributed by atoms with Crippen LogP contribution in [0.3, 0.4) is 0 Å². The van der Waals surface area contributed by atoms with Gasteiger partial charge in [-0.1, -0.05) is 140 Å². The Morgan fingerprint density at radius 1 is 0.271 bits per heavy atom. The van der Waals surface area contributed by atoms with Crippen LogP contribution in [0.2, 0.25) is 0 Å². The van der Waals surface area contributed by atoms with Gasteiger partial charge in [-0.25, -0.2) is 0 Å². The largest absolute Gasteiger partial charge is 0.456 e. The highest BCUT2D eigenvalue weighted by Crippen LogP contribution is 2.50. The molecule has 6 heteroatoms. The Balaban J connectivity index is 0.976. The Labute approximate surface area is 400 Å². The summed E-state index contributed by atoms with van der Waals surface area (Å²) in [6, 6.07) is 83.5. The monoisotopic (exact) mass is 897 g/mol. The molecular formula is C64H39N3O3. The number of aromatic nitrogens is 1. The van der Waals surface area contributed by atoms with E-state index in [9.17, 15) is 0 Å². The lowest BCUT2D eigenvalue weighted by Gasteiger charge is -2.27. The van der Waals surface area contributed by atoms with Crippen molar-refractivity contribution < 1.29 is 13.3 Å². The zero-order valence-electron chi connectivity index (χ0n) is 37.6. The third-order valence-corrected chi connectivity index (χ3v) is 14.1. The number of para-hydroxylation sites is 7. The van der Waals surface area contributed by atoms with Crippen molar-refractivity contribution in [2.45, 2.75) is 0 Å². The van der Waals surface area contributed by atoms with Crippen LogP contribution in [0.5, 0.6) is 0 Å². The van der Waals surface area contributed by atoms with E-state index in [1.54, 1.807) is 0 Å². The van der Waals surface area contributed by atoms with Gasteiger partial charge in [-0.15, -0.1) is 0 Å². The number of rotatable bonds is 7. The van der Waals surface area contributed by atoms with Crippen molar-refractivity contribution >= 4 is 133 Å². The molecule has 0 amide bonds. The molecule has 0 fully saturated rings. The second kappa shape index (κ2) is 15.0. The molecule has 328 valence electrons. The maximum absolute atomic E-state index is 6.99. The number of hydrogen-bond acceptors (Lipinski definition) is 5. The number of fused-ring (bicyclic) bond motifs is 14. The Kier molecular flexibility index (Phi) is 8.26. The summed E-state index contributed by atoms with van der Waals surface area (Å²) in [5.74, 6) is 0. The predicted molar refractivity (Wildman–Crippen MR) is 289 cm³/mol. The van der Waals surface area contributed by atoms with E-state index < -0.39 is 0 Å². The third-order valence-electron chi connectivity index (χ3n) is 14.1. The fourth-order valence-electron chi connectivity index (χ4n) is 11.1. The molecule has 0 spiro atoms. The predicted octanol–water partition coefficient (Wildman–Crippen LogP) is 18.6. The van der Waals surface area contributed by atoms with Crippen LogP contribution in [0, 0.1) is 0 Å². The highest BCUT2D eigenvalue weighted by Gasteiger charge is 2.26. The molecule has 70 heavy (non-hydrogen) atoms. The Bertz CT molecular complexity index is 4550. The van der Waals surface area contributed by atoms with Gasteiger partial charge in [0.05, 0.1) is 33.8 Å². The molecule has 0 saturated carbocycles. The van der Waals surface area contributed by atoms with Crippen LogP contribution in [-0.2, 0) is 0 Å². The van der Waals surface area contributed by atoms with Gasteiger partial charge in [0.25, 0.3) is 0 Å². The second-order valence-corrected chi connectivity index (χ2v) is 18.0. The topological polar surface area (TPSA) is 50.8 Å². The first kappa shape index (κ1) is 38.6.